The predicted octanol–water partition coefficient (Wildman–Crippen LogP) is 0.684. The molecule has 26 heavy (non-hydrogen) atoms. The maximum Gasteiger partial charge on any atom is 0.332 e. The number of thiazole rings is 1. The van der Waals surface area contributed by atoms with E-state index >= 15 is 0 Å². The number of imidazole rings is 1. The molecule has 1 aliphatic carbocycles. The van der Waals surface area contributed by atoms with Gasteiger partial charge < -0.3 is 4.90 Å². The molecule has 3 aromatic rings. The summed E-state index contributed by atoms with van der Waals surface area (Å²) in [6.07, 6.45) is 6.58. The summed E-state index contributed by atoms with van der Waals surface area (Å²) in [4.78, 5) is 31.9. The number of fused-ring (bicyclic) bond motifs is 3. The molecule has 1 atom stereocenters. The van der Waals surface area contributed by atoms with Gasteiger partial charge in [0.15, 0.2) is 16.1 Å². The average Bonchev–Trinajstić information content (AvgIpc) is 3.23. The third-order valence-electron chi connectivity index (χ3n) is 5.86. The number of aryl methyl sites for hydroxylation is 1. The molecular weight excluding hydrogens is 350 g/mol. The second-order valence-corrected chi connectivity index (χ2v) is 8.19. The Kier molecular flexibility index (Phi) is 4.48. The van der Waals surface area contributed by atoms with Crippen molar-refractivity contribution in [1.82, 2.24) is 18.5 Å². The van der Waals surface area contributed by atoms with E-state index in [-0.39, 0.29) is 11.2 Å². The number of aromatic nitrogens is 4. The van der Waals surface area contributed by atoms with Crippen LogP contribution in [-0.2, 0) is 20.6 Å². The monoisotopic (exact) mass is 376 g/mol. The van der Waals surface area contributed by atoms with Crippen LogP contribution in [0.4, 0.5) is 0 Å². The van der Waals surface area contributed by atoms with Crippen molar-refractivity contribution in [3.63, 3.8) is 0 Å². The van der Waals surface area contributed by atoms with Gasteiger partial charge in [0.25, 0.3) is 5.56 Å². The molecule has 3 heterocycles. The zero-order valence-corrected chi connectivity index (χ0v) is 16.4. The first kappa shape index (κ1) is 17.5. The van der Waals surface area contributed by atoms with Crippen LogP contribution in [0.25, 0.3) is 16.1 Å². The van der Waals surface area contributed by atoms with Crippen LogP contribution in [0.1, 0.15) is 44.7 Å². The Labute approximate surface area is 155 Å². The van der Waals surface area contributed by atoms with Crippen LogP contribution in [0.5, 0.6) is 0 Å². The molecule has 0 bridgehead atoms. The van der Waals surface area contributed by atoms with Crippen molar-refractivity contribution >= 4 is 27.5 Å². The summed E-state index contributed by atoms with van der Waals surface area (Å²) >= 11 is 1.54. The van der Waals surface area contributed by atoms with E-state index in [0.29, 0.717) is 17.2 Å². The predicted molar refractivity (Wildman–Crippen MR) is 103 cm³/mol. The van der Waals surface area contributed by atoms with Gasteiger partial charge in [-0.3, -0.25) is 18.3 Å². The fourth-order valence-corrected chi connectivity index (χ4v) is 5.20. The van der Waals surface area contributed by atoms with E-state index < -0.39 is 0 Å². The van der Waals surface area contributed by atoms with Gasteiger partial charge in [-0.15, -0.1) is 11.3 Å². The fourth-order valence-electron chi connectivity index (χ4n) is 4.32. The van der Waals surface area contributed by atoms with Crippen molar-refractivity contribution in [3.05, 3.63) is 31.9 Å². The Morgan fingerprint density at radius 2 is 1.92 bits per heavy atom. The first-order valence-corrected chi connectivity index (χ1v) is 10.3. The van der Waals surface area contributed by atoms with Crippen LogP contribution in [-0.4, -0.2) is 31.1 Å². The van der Waals surface area contributed by atoms with E-state index in [1.165, 1.54) is 48.3 Å². The summed E-state index contributed by atoms with van der Waals surface area (Å²) in [5.74, 6) is 0. The summed E-state index contributed by atoms with van der Waals surface area (Å²) in [5.41, 5.74) is 1.50. The minimum Gasteiger partial charge on any atom is -0.328 e. The zero-order valence-electron chi connectivity index (χ0n) is 15.6. The standard InChI is InChI=1S/C18H25N5O2S/c1-4-22(12-8-6-5-7-9-12)10-13-11-26-17-19-15-14(23(13)17)16(24)21(3)18(25)20(15)2/h11-12H,4-10H2,1-3H3/p+1. The molecule has 0 amide bonds. The number of nitrogens with zero attached hydrogens (tertiary/aromatic N) is 4. The largest absolute Gasteiger partial charge is 0.332 e. The van der Waals surface area contributed by atoms with E-state index in [2.05, 4.69) is 17.3 Å². The first-order chi connectivity index (χ1) is 12.5. The maximum atomic E-state index is 12.8. The molecule has 4 rings (SSSR count). The molecule has 0 saturated heterocycles. The van der Waals surface area contributed by atoms with Crippen LogP contribution < -0.4 is 16.1 Å². The third kappa shape index (κ3) is 2.63. The summed E-state index contributed by atoms with van der Waals surface area (Å²) in [7, 11) is 3.20. The topological polar surface area (TPSA) is 65.7 Å². The highest BCUT2D eigenvalue weighted by molar-refractivity contribution is 7.15. The molecule has 1 N–H and O–H groups in total. The lowest BCUT2D eigenvalue weighted by Crippen LogP contribution is -3.14. The highest BCUT2D eigenvalue weighted by atomic mass is 32.1. The highest BCUT2D eigenvalue weighted by Crippen LogP contribution is 2.21. The van der Waals surface area contributed by atoms with Gasteiger partial charge in [0.2, 0.25) is 0 Å². The lowest BCUT2D eigenvalue weighted by Gasteiger charge is -2.30. The summed E-state index contributed by atoms with van der Waals surface area (Å²) in [5, 5.41) is 2.12. The minimum atomic E-state index is -0.335. The van der Waals surface area contributed by atoms with Gasteiger partial charge in [-0.2, -0.15) is 0 Å². The zero-order chi connectivity index (χ0) is 18.4. The number of nitrogens with one attached hydrogen (secondary N) is 1. The van der Waals surface area contributed by atoms with E-state index in [1.54, 1.807) is 23.3 Å². The molecule has 0 spiro atoms. The van der Waals surface area contributed by atoms with Gasteiger partial charge in [-0.25, -0.2) is 9.78 Å². The highest BCUT2D eigenvalue weighted by Gasteiger charge is 2.26. The van der Waals surface area contributed by atoms with Gasteiger partial charge in [0, 0.05) is 19.5 Å². The van der Waals surface area contributed by atoms with Gasteiger partial charge >= 0.3 is 5.69 Å². The van der Waals surface area contributed by atoms with Gasteiger partial charge in [0.1, 0.15) is 6.54 Å². The van der Waals surface area contributed by atoms with Crippen LogP contribution in [0, 0.1) is 0 Å². The first-order valence-electron chi connectivity index (χ1n) is 9.42. The molecule has 3 aromatic heterocycles. The van der Waals surface area contributed by atoms with E-state index in [9.17, 15) is 9.59 Å². The van der Waals surface area contributed by atoms with Crippen molar-refractivity contribution in [2.45, 2.75) is 51.6 Å². The maximum absolute atomic E-state index is 12.8. The Hall–Kier alpha value is -1.93. The fraction of sp³-hybridized carbons (Fsp3) is 0.611. The van der Waals surface area contributed by atoms with E-state index in [0.717, 1.165) is 23.7 Å². The van der Waals surface area contributed by atoms with Crippen LogP contribution >= 0.6 is 11.3 Å². The third-order valence-corrected chi connectivity index (χ3v) is 6.73. The van der Waals surface area contributed by atoms with Crippen LogP contribution in [0.2, 0.25) is 0 Å². The Balaban J connectivity index is 1.83. The van der Waals surface area contributed by atoms with Crippen LogP contribution in [0.3, 0.4) is 0 Å². The SMILES string of the molecule is CC[NH+](Cc1csc2nc3c(c(=O)n(C)c(=O)n3C)n12)C1CCCCC1. The second kappa shape index (κ2) is 6.66. The molecule has 1 unspecified atom stereocenters. The van der Waals surface area contributed by atoms with Crippen molar-refractivity contribution < 1.29 is 4.90 Å². The normalized spacial score (nSPS) is 17.3. The number of hydrogen-bond donors (Lipinski definition) is 1. The van der Waals surface area contributed by atoms with Gasteiger partial charge in [-0.1, -0.05) is 6.42 Å². The lowest BCUT2D eigenvalue weighted by molar-refractivity contribution is -0.938. The Morgan fingerprint density at radius 3 is 2.62 bits per heavy atom. The second-order valence-electron chi connectivity index (χ2n) is 7.36. The van der Waals surface area contributed by atoms with Crippen molar-refractivity contribution in [2.75, 3.05) is 6.54 Å². The summed E-state index contributed by atoms with van der Waals surface area (Å²) in [6, 6.07) is 0.700. The summed E-state index contributed by atoms with van der Waals surface area (Å²) in [6.45, 7) is 4.20. The van der Waals surface area contributed by atoms with Crippen molar-refractivity contribution in [1.29, 1.82) is 0 Å². The quantitative estimate of drug-likeness (QED) is 0.728. The Morgan fingerprint density at radius 1 is 1.19 bits per heavy atom. The number of hydrogen-bond acceptors (Lipinski definition) is 4. The molecule has 1 aliphatic rings. The minimum absolute atomic E-state index is 0.272. The molecule has 7 nitrogen and oxygen atoms in total. The molecular formula is C18H26N5O2S+. The van der Waals surface area contributed by atoms with Gasteiger partial charge in [0.05, 0.1) is 18.3 Å². The lowest BCUT2D eigenvalue weighted by atomic mass is 9.94. The smallest absolute Gasteiger partial charge is 0.328 e. The number of quaternary nitrogens is 1. The van der Waals surface area contributed by atoms with Crippen LogP contribution in [0.15, 0.2) is 15.0 Å². The molecule has 0 aromatic carbocycles. The van der Waals surface area contributed by atoms with Gasteiger partial charge in [-0.05, 0) is 32.6 Å². The Bertz CT molecular complexity index is 1070. The molecule has 1 saturated carbocycles. The van der Waals surface area contributed by atoms with Crippen molar-refractivity contribution in [2.24, 2.45) is 14.1 Å². The molecule has 140 valence electrons. The average molecular weight is 377 g/mol. The summed E-state index contributed by atoms with van der Waals surface area (Å²) < 4.78 is 4.61. The number of rotatable bonds is 4. The van der Waals surface area contributed by atoms with E-state index in [4.69, 9.17) is 0 Å². The van der Waals surface area contributed by atoms with E-state index in [1.807, 2.05) is 4.40 Å². The molecule has 1 fully saturated rings. The molecule has 0 radical (unpaired) electrons. The van der Waals surface area contributed by atoms with Crippen molar-refractivity contribution in [3.8, 4) is 0 Å². The molecule has 0 aliphatic heterocycles. The molecule has 8 heteroatoms.